The van der Waals surface area contributed by atoms with Crippen LogP contribution in [0.3, 0.4) is 0 Å². The molecule has 4 atom stereocenters. The number of unbranched alkanes of at least 4 members (excludes halogenated alkanes) is 1. The van der Waals surface area contributed by atoms with Crippen molar-refractivity contribution in [2.75, 3.05) is 24.3 Å². The van der Waals surface area contributed by atoms with Crippen molar-refractivity contribution >= 4 is 48.1 Å². The Hall–Kier alpha value is -2.48. The van der Waals surface area contributed by atoms with Crippen LogP contribution in [0.5, 0.6) is 5.75 Å². The molecule has 0 bridgehead atoms. The number of nitrogens with two attached hydrogens (primary N) is 2. The lowest BCUT2D eigenvalue weighted by Crippen LogP contribution is -2.57. The Morgan fingerprint density at radius 3 is 2.08 bits per heavy atom. The largest absolute Gasteiger partial charge is 0.508 e. The molecule has 0 aliphatic rings. The number of rotatable bonds is 17. The Morgan fingerprint density at radius 2 is 1.53 bits per heavy atom. The van der Waals surface area contributed by atoms with Gasteiger partial charge in [-0.25, -0.2) is 4.79 Å². The van der Waals surface area contributed by atoms with E-state index >= 15 is 0 Å². The standard InChI is InChI=1S/C23H37N5O6S2/c1-36-11-9-18(23(33)34)27-22(32)19(12-14-5-7-15(29)8-6-14)28-21(31)17(4-2-3-10-24)26-20(30)16(25)13-35/h5-8,16-19,29,35H,2-4,9-13,24-25H2,1H3,(H,26,30)(H,27,32)(H,28,31)(H,33,34). The minimum absolute atomic E-state index is 0.0341. The molecule has 0 aliphatic heterocycles. The fourth-order valence-electron chi connectivity index (χ4n) is 3.24. The number of nitrogens with one attached hydrogen (secondary N) is 3. The highest BCUT2D eigenvalue weighted by Gasteiger charge is 2.30. The second-order valence-corrected chi connectivity index (χ2v) is 9.60. The van der Waals surface area contributed by atoms with E-state index in [1.54, 1.807) is 12.1 Å². The highest BCUT2D eigenvalue weighted by molar-refractivity contribution is 7.98. The van der Waals surface area contributed by atoms with Crippen molar-refractivity contribution < 1.29 is 29.4 Å². The molecular weight excluding hydrogens is 506 g/mol. The number of hydrogen-bond acceptors (Lipinski definition) is 9. The second-order valence-electron chi connectivity index (χ2n) is 8.25. The van der Waals surface area contributed by atoms with Crippen LogP contribution in [0.2, 0.25) is 0 Å². The Morgan fingerprint density at radius 1 is 0.944 bits per heavy atom. The quantitative estimate of drug-likeness (QED) is 0.0953. The third-order valence-electron chi connectivity index (χ3n) is 5.35. The molecule has 0 saturated heterocycles. The normalized spacial score (nSPS) is 14.2. The minimum Gasteiger partial charge on any atom is -0.508 e. The van der Waals surface area contributed by atoms with Gasteiger partial charge in [-0.3, -0.25) is 14.4 Å². The van der Waals surface area contributed by atoms with Gasteiger partial charge < -0.3 is 37.6 Å². The summed E-state index contributed by atoms with van der Waals surface area (Å²) >= 11 is 5.46. The zero-order valence-corrected chi connectivity index (χ0v) is 22.0. The second kappa shape index (κ2) is 17.1. The molecule has 3 amide bonds. The van der Waals surface area contributed by atoms with Gasteiger partial charge in [0.25, 0.3) is 0 Å². The van der Waals surface area contributed by atoms with Crippen molar-refractivity contribution in [3.63, 3.8) is 0 Å². The Labute approximate surface area is 220 Å². The highest BCUT2D eigenvalue weighted by Crippen LogP contribution is 2.13. The summed E-state index contributed by atoms with van der Waals surface area (Å²) in [6.07, 6.45) is 3.52. The molecule has 9 N–H and O–H groups in total. The molecule has 0 spiro atoms. The van der Waals surface area contributed by atoms with Gasteiger partial charge in [-0.15, -0.1) is 0 Å². The molecular formula is C23H37N5O6S2. The van der Waals surface area contributed by atoms with Crippen LogP contribution < -0.4 is 27.4 Å². The predicted molar refractivity (Wildman–Crippen MR) is 143 cm³/mol. The molecule has 1 rings (SSSR count). The van der Waals surface area contributed by atoms with E-state index in [0.29, 0.717) is 30.7 Å². The van der Waals surface area contributed by atoms with Crippen LogP contribution in [-0.2, 0) is 25.6 Å². The van der Waals surface area contributed by atoms with Crippen LogP contribution in [0.25, 0.3) is 0 Å². The molecule has 0 heterocycles. The number of thioether (sulfide) groups is 1. The van der Waals surface area contributed by atoms with E-state index < -0.39 is 47.9 Å². The van der Waals surface area contributed by atoms with E-state index in [4.69, 9.17) is 11.5 Å². The Kier molecular flexibility index (Phi) is 14.9. The lowest BCUT2D eigenvalue weighted by molar-refractivity contribution is -0.142. The van der Waals surface area contributed by atoms with Gasteiger partial charge in [0.1, 0.15) is 23.9 Å². The molecule has 36 heavy (non-hydrogen) atoms. The lowest BCUT2D eigenvalue weighted by Gasteiger charge is -2.25. The van der Waals surface area contributed by atoms with Crippen LogP contribution >= 0.6 is 24.4 Å². The monoisotopic (exact) mass is 543 g/mol. The maximum atomic E-state index is 13.2. The number of aromatic hydroxyl groups is 1. The third kappa shape index (κ3) is 11.5. The number of benzene rings is 1. The molecule has 0 aliphatic carbocycles. The number of aliphatic carboxylic acids is 1. The Balaban J connectivity index is 3.12. The predicted octanol–water partition coefficient (Wildman–Crippen LogP) is -0.387. The van der Waals surface area contributed by atoms with E-state index in [0.717, 1.165) is 0 Å². The molecule has 1 aromatic carbocycles. The van der Waals surface area contributed by atoms with E-state index in [-0.39, 0.29) is 30.8 Å². The molecule has 4 unspecified atom stereocenters. The minimum atomic E-state index is -1.18. The Bertz CT molecular complexity index is 858. The maximum Gasteiger partial charge on any atom is 0.326 e. The molecule has 0 saturated carbocycles. The van der Waals surface area contributed by atoms with Crippen LogP contribution in [0.4, 0.5) is 0 Å². The fourth-order valence-corrected chi connectivity index (χ4v) is 3.88. The summed E-state index contributed by atoms with van der Waals surface area (Å²) in [7, 11) is 0. The summed E-state index contributed by atoms with van der Waals surface area (Å²) in [5.41, 5.74) is 11.9. The first-order valence-corrected chi connectivity index (χ1v) is 13.6. The maximum absolute atomic E-state index is 13.2. The molecule has 13 heteroatoms. The highest BCUT2D eigenvalue weighted by atomic mass is 32.2. The third-order valence-corrected chi connectivity index (χ3v) is 6.39. The number of carbonyl (C=O) groups is 4. The first kappa shape index (κ1) is 31.5. The van der Waals surface area contributed by atoms with Crippen LogP contribution in [0.15, 0.2) is 24.3 Å². The number of carboxylic acid groups (broad SMARTS) is 1. The lowest BCUT2D eigenvalue weighted by atomic mass is 10.0. The number of hydrogen-bond donors (Lipinski definition) is 8. The first-order valence-electron chi connectivity index (χ1n) is 11.6. The van der Waals surface area contributed by atoms with Crippen LogP contribution in [0.1, 0.15) is 31.2 Å². The molecule has 1 aromatic rings. The summed E-state index contributed by atoms with van der Waals surface area (Å²) in [5, 5.41) is 26.8. The summed E-state index contributed by atoms with van der Waals surface area (Å²) in [6.45, 7) is 0.414. The van der Waals surface area contributed by atoms with Gasteiger partial charge in [0.15, 0.2) is 0 Å². The number of amides is 3. The SMILES string of the molecule is CSCCC(NC(=O)C(Cc1ccc(O)cc1)NC(=O)C(CCCCN)NC(=O)C(N)CS)C(=O)O. The number of carboxylic acids is 1. The van der Waals surface area contributed by atoms with Gasteiger partial charge in [0.2, 0.25) is 17.7 Å². The summed E-state index contributed by atoms with van der Waals surface area (Å²) < 4.78 is 0. The van der Waals surface area contributed by atoms with E-state index in [1.165, 1.54) is 23.9 Å². The molecule has 11 nitrogen and oxygen atoms in total. The molecule has 0 aromatic heterocycles. The van der Waals surface area contributed by atoms with Gasteiger partial charge in [0, 0.05) is 12.2 Å². The number of thiol groups is 1. The average molecular weight is 544 g/mol. The fraction of sp³-hybridized carbons (Fsp3) is 0.565. The van der Waals surface area contributed by atoms with Crippen molar-refractivity contribution in [3.05, 3.63) is 29.8 Å². The van der Waals surface area contributed by atoms with E-state index in [1.807, 2.05) is 6.26 Å². The van der Waals surface area contributed by atoms with Crippen molar-refractivity contribution in [3.8, 4) is 5.75 Å². The van der Waals surface area contributed by atoms with E-state index in [9.17, 15) is 29.4 Å². The van der Waals surface area contributed by atoms with Gasteiger partial charge in [-0.1, -0.05) is 12.1 Å². The van der Waals surface area contributed by atoms with Gasteiger partial charge >= 0.3 is 5.97 Å². The van der Waals surface area contributed by atoms with Gasteiger partial charge in [0.05, 0.1) is 6.04 Å². The topological polar surface area (TPSA) is 197 Å². The summed E-state index contributed by atoms with van der Waals surface area (Å²) in [5.74, 6) is -2.38. The van der Waals surface area contributed by atoms with Crippen molar-refractivity contribution in [1.82, 2.24) is 16.0 Å². The van der Waals surface area contributed by atoms with Gasteiger partial charge in [-0.2, -0.15) is 24.4 Å². The first-order chi connectivity index (χ1) is 17.1. The molecule has 0 radical (unpaired) electrons. The summed E-state index contributed by atoms with van der Waals surface area (Å²) in [4.78, 5) is 50.2. The average Bonchev–Trinajstić information content (AvgIpc) is 2.85. The van der Waals surface area contributed by atoms with Crippen LogP contribution in [0, 0.1) is 0 Å². The van der Waals surface area contributed by atoms with Crippen molar-refractivity contribution in [1.29, 1.82) is 0 Å². The zero-order valence-electron chi connectivity index (χ0n) is 20.3. The zero-order chi connectivity index (χ0) is 27.1. The van der Waals surface area contributed by atoms with Crippen LogP contribution in [-0.4, -0.2) is 82.4 Å². The molecule has 202 valence electrons. The van der Waals surface area contributed by atoms with Crippen molar-refractivity contribution in [2.24, 2.45) is 11.5 Å². The number of phenols is 1. The van der Waals surface area contributed by atoms with Crippen molar-refractivity contribution in [2.45, 2.75) is 56.3 Å². The smallest absolute Gasteiger partial charge is 0.326 e. The number of phenolic OH excluding ortho intramolecular Hbond substituents is 1. The van der Waals surface area contributed by atoms with Gasteiger partial charge in [-0.05, 0) is 61.9 Å². The molecule has 0 fully saturated rings. The number of carbonyl (C=O) groups excluding carboxylic acids is 3. The van der Waals surface area contributed by atoms with E-state index in [2.05, 4.69) is 28.6 Å². The summed E-state index contributed by atoms with van der Waals surface area (Å²) in [6, 6.07) is 1.92.